The summed E-state index contributed by atoms with van der Waals surface area (Å²) in [4.78, 5) is 26.8. The van der Waals surface area contributed by atoms with Crippen LogP contribution >= 0.6 is 0 Å². The van der Waals surface area contributed by atoms with Crippen molar-refractivity contribution in [2.24, 2.45) is 0 Å². The first-order valence-electron chi connectivity index (χ1n) is 8.93. The van der Waals surface area contributed by atoms with Crippen molar-refractivity contribution in [1.82, 2.24) is 19.9 Å². The molecule has 0 saturated carbocycles. The Morgan fingerprint density at radius 1 is 1.23 bits per heavy atom. The minimum atomic E-state index is -0.0347. The van der Waals surface area contributed by atoms with E-state index >= 15 is 0 Å². The maximum atomic E-state index is 12.4. The molecule has 0 radical (unpaired) electrons. The molecule has 2 aromatic heterocycles. The predicted molar refractivity (Wildman–Crippen MR) is 100 cm³/mol. The van der Waals surface area contributed by atoms with Crippen molar-refractivity contribution in [3.8, 4) is 5.75 Å². The standard InChI is InChI=1S/C20H22N4O2/c1-12(2)19-22-16-8-9-24(11-15(16)20(26)23-19)10-14-7-6-13-4-3-5-17(25)18(13)21-14/h3-7,12,25H,8-11H2,1-2H3,(H,22,23,26). The maximum Gasteiger partial charge on any atom is 0.255 e. The van der Waals surface area contributed by atoms with Gasteiger partial charge in [0.25, 0.3) is 5.56 Å². The molecule has 6 heteroatoms. The third kappa shape index (κ3) is 3.08. The van der Waals surface area contributed by atoms with E-state index in [1.165, 1.54) is 0 Å². The van der Waals surface area contributed by atoms with Crippen LogP contribution in [0.5, 0.6) is 5.75 Å². The molecular formula is C20H22N4O2. The SMILES string of the molecule is CC(C)c1nc2c(c(=O)[nH]1)CN(Cc1ccc3cccc(O)c3n1)CC2. The van der Waals surface area contributed by atoms with E-state index < -0.39 is 0 Å². The first-order chi connectivity index (χ1) is 12.5. The number of rotatable bonds is 3. The summed E-state index contributed by atoms with van der Waals surface area (Å²) in [5.41, 5.74) is 3.13. The largest absolute Gasteiger partial charge is 0.506 e. The summed E-state index contributed by atoms with van der Waals surface area (Å²) in [5, 5.41) is 10.9. The van der Waals surface area contributed by atoms with E-state index in [0.717, 1.165) is 41.1 Å². The zero-order valence-corrected chi connectivity index (χ0v) is 15.0. The first kappa shape index (κ1) is 16.7. The number of phenols is 1. The van der Waals surface area contributed by atoms with Gasteiger partial charge in [-0.15, -0.1) is 0 Å². The molecule has 0 fully saturated rings. The van der Waals surface area contributed by atoms with Crippen LogP contribution in [0.2, 0.25) is 0 Å². The molecule has 2 N–H and O–H groups in total. The number of nitrogens with one attached hydrogen (secondary N) is 1. The quantitative estimate of drug-likeness (QED) is 0.759. The fourth-order valence-electron chi connectivity index (χ4n) is 3.40. The van der Waals surface area contributed by atoms with Crippen LogP contribution in [0.15, 0.2) is 35.1 Å². The van der Waals surface area contributed by atoms with E-state index in [9.17, 15) is 9.90 Å². The van der Waals surface area contributed by atoms with E-state index in [0.29, 0.717) is 18.6 Å². The number of hydrogen-bond donors (Lipinski definition) is 2. The van der Waals surface area contributed by atoms with E-state index in [-0.39, 0.29) is 17.2 Å². The number of pyridine rings is 1. The summed E-state index contributed by atoms with van der Waals surface area (Å²) in [6, 6.07) is 9.33. The Bertz CT molecular complexity index is 1030. The number of nitrogens with zero attached hydrogens (tertiary/aromatic N) is 3. The second-order valence-corrected chi connectivity index (χ2v) is 7.14. The molecule has 0 spiro atoms. The third-order valence-electron chi connectivity index (χ3n) is 4.86. The zero-order valence-electron chi connectivity index (χ0n) is 15.0. The number of H-pyrrole nitrogens is 1. The van der Waals surface area contributed by atoms with Crippen LogP contribution in [-0.2, 0) is 19.5 Å². The molecule has 26 heavy (non-hydrogen) atoms. The lowest BCUT2D eigenvalue weighted by molar-refractivity contribution is 0.238. The number of aromatic hydroxyl groups is 1. The highest BCUT2D eigenvalue weighted by molar-refractivity contribution is 5.84. The first-order valence-corrected chi connectivity index (χ1v) is 8.93. The second kappa shape index (κ2) is 6.53. The van der Waals surface area contributed by atoms with E-state index in [2.05, 4.69) is 19.9 Å². The van der Waals surface area contributed by atoms with Gasteiger partial charge in [0.05, 0.1) is 17.0 Å². The van der Waals surface area contributed by atoms with Crippen LogP contribution < -0.4 is 5.56 Å². The van der Waals surface area contributed by atoms with Crippen molar-refractivity contribution >= 4 is 10.9 Å². The van der Waals surface area contributed by atoms with Gasteiger partial charge < -0.3 is 10.1 Å². The van der Waals surface area contributed by atoms with E-state index in [1.807, 2.05) is 38.1 Å². The fourth-order valence-corrected chi connectivity index (χ4v) is 3.40. The van der Waals surface area contributed by atoms with Crippen molar-refractivity contribution in [1.29, 1.82) is 0 Å². The summed E-state index contributed by atoms with van der Waals surface area (Å²) in [5.74, 6) is 1.16. The molecule has 3 heterocycles. The van der Waals surface area contributed by atoms with Gasteiger partial charge in [-0.05, 0) is 12.1 Å². The number of aromatic nitrogens is 3. The number of benzene rings is 1. The Morgan fingerprint density at radius 3 is 2.88 bits per heavy atom. The van der Waals surface area contributed by atoms with Crippen LogP contribution in [0.3, 0.4) is 0 Å². The van der Waals surface area contributed by atoms with Gasteiger partial charge in [-0.25, -0.2) is 9.97 Å². The van der Waals surface area contributed by atoms with Crippen molar-refractivity contribution in [2.45, 2.75) is 39.3 Å². The Kier molecular flexibility index (Phi) is 4.20. The summed E-state index contributed by atoms with van der Waals surface area (Å²) in [6.45, 7) is 6.09. The van der Waals surface area contributed by atoms with Gasteiger partial charge in [-0.2, -0.15) is 0 Å². The Labute approximate surface area is 151 Å². The van der Waals surface area contributed by atoms with Gasteiger partial charge in [0.2, 0.25) is 0 Å². The highest BCUT2D eigenvalue weighted by Gasteiger charge is 2.22. The van der Waals surface area contributed by atoms with Crippen LogP contribution in [-0.4, -0.2) is 31.5 Å². The fraction of sp³-hybridized carbons (Fsp3) is 0.350. The van der Waals surface area contributed by atoms with Crippen LogP contribution in [0.1, 0.15) is 42.5 Å². The third-order valence-corrected chi connectivity index (χ3v) is 4.86. The van der Waals surface area contributed by atoms with E-state index in [1.54, 1.807) is 6.07 Å². The lowest BCUT2D eigenvalue weighted by Crippen LogP contribution is -2.36. The molecular weight excluding hydrogens is 328 g/mol. The zero-order chi connectivity index (χ0) is 18.3. The Hall–Kier alpha value is -2.73. The van der Waals surface area contributed by atoms with Crippen molar-refractivity contribution < 1.29 is 5.11 Å². The summed E-state index contributed by atoms with van der Waals surface area (Å²) >= 11 is 0. The lowest BCUT2D eigenvalue weighted by Gasteiger charge is -2.27. The van der Waals surface area contributed by atoms with Crippen molar-refractivity contribution in [2.75, 3.05) is 6.54 Å². The second-order valence-electron chi connectivity index (χ2n) is 7.14. The molecule has 3 aromatic rings. The molecule has 0 unspecified atom stereocenters. The van der Waals surface area contributed by atoms with Crippen molar-refractivity contribution in [3.05, 3.63) is 63.5 Å². The molecule has 0 atom stereocenters. The summed E-state index contributed by atoms with van der Waals surface area (Å²) in [6.07, 6.45) is 0.762. The average Bonchev–Trinajstić information content (AvgIpc) is 2.63. The topological polar surface area (TPSA) is 82.1 Å². The average molecular weight is 350 g/mol. The number of fused-ring (bicyclic) bond motifs is 2. The molecule has 0 bridgehead atoms. The molecule has 4 rings (SSSR count). The number of phenolic OH excluding ortho intramolecular Hbond substituents is 1. The maximum absolute atomic E-state index is 12.4. The molecule has 6 nitrogen and oxygen atoms in total. The Morgan fingerprint density at radius 2 is 2.08 bits per heavy atom. The molecule has 0 aliphatic carbocycles. The molecule has 0 saturated heterocycles. The molecule has 1 aromatic carbocycles. The highest BCUT2D eigenvalue weighted by atomic mass is 16.3. The van der Waals surface area contributed by atoms with Gasteiger partial charge in [0, 0.05) is 37.4 Å². The van der Waals surface area contributed by atoms with Gasteiger partial charge in [0.15, 0.2) is 0 Å². The smallest absolute Gasteiger partial charge is 0.255 e. The van der Waals surface area contributed by atoms with E-state index in [4.69, 9.17) is 0 Å². The van der Waals surface area contributed by atoms with Gasteiger partial charge >= 0.3 is 0 Å². The summed E-state index contributed by atoms with van der Waals surface area (Å²) in [7, 11) is 0. The van der Waals surface area contributed by atoms with Gasteiger partial charge in [0.1, 0.15) is 17.1 Å². The highest BCUT2D eigenvalue weighted by Crippen LogP contribution is 2.23. The van der Waals surface area contributed by atoms with Crippen LogP contribution in [0, 0.1) is 0 Å². The normalized spacial score (nSPS) is 14.7. The Balaban J connectivity index is 1.58. The minimum Gasteiger partial charge on any atom is -0.506 e. The van der Waals surface area contributed by atoms with Gasteiger partial charge in [-0.3, -0.25) is 9.69 Å². The van der Waals surface area contributed by atoms with Gasteiger partial charge in [-0.1, -0.05) is 32.0 Å². The summed E-state index contributed by atoms with van der Waals surface area (Å²) < 4.78 is 0. The lowest BCUT2D eigenvalue weighted by atomic mass is 10.1. The predicted octanol–water partition coefficient (Wildman–Crippen LogP) is 2.71. The van der Waals surface area contributed by atoms with Crippen LogP contribution in [0.4, 0.5) is 0 Å². The molecule has 0 amide bonds. The van der Waals surface area contributed by atoms with Crippen molar-refractivity contribution in [3.63, 3.8) is 0 Å². The molecule has 134 valence electrons. The minimum absolute atomic E-state index is 0.0347. The number of hydrogen-bond acceptors (Lipinski definition) is 5. The number of aromatic amines is 1. The van der Waals surface area contributed by atoms with Crippen LogP contribution in [0.25, 0.3) is 10.9 Å². The molecule has 1 aliphatic rings. The number of para-hydroxylation sites is 1. The molecule has 1 aliphatic heterocycles. The monoisotopic (exact) mass is 350 g/mol.